The molecule has 0 aromatic carbocycles. The zero-order valence-corrected chi connectivity index (χ0v) is 11.3. The van der Waals surface area contributed by atoms with Gasteiger partial charge in [0.25, 0.3) is 5.91 Å². The summed E-state index contributed by atoms with van der Waals surface area (Å²) in [6.07, 6.45) is 3.28. The highest BCUT2D eigenvalue weighted by molar-refractivity contribution is 6.32. The fraction of sp³-hybridized carbons (Fsp3) is 0.214. The molecule has 2 heterocycles. The first-order valence-electron chi connectivity index (χ1n) is 6.02. The normalized spacial score (nSPS) is 10.2. The van der Waals surface area contributed by atoms with Crippen molar-refractivity contribution in [2.24, 2.45) is 0 Å². The molecule has 0 aliphatic rings. The van der Waals surface area contributed by atoms with Gasteiger partial charge in [-0.1, -0.05) is 17.7 Å². The first kappa shape index (κ1) is 13.5. The van der Waals surface area contributed by atoms with Crippen molar-refractivity contribution in [3.63, 3.8) is 0 Å². The fourth-order valence-corrected chi connectivity index (χ4v) is 1.93. The summed E-state index contributed by atoms with van der Waals surface area (Å²) in [7, 11) is 0. The van der Waals surface area contributed by atoms with E-state index < -0.39 is 0 Å². The summed E-state index contributed by atoms with van der Waals surface area (Å²) in [6, 6.07) is 9.02. The molecule has 1 amide bonds. The van der Waals surface area contributed by atoms with E-state index in [1.165, 1.54) is 0 Å². The van der Waals surface area contributed by atoms with Crippen LogP contribution >= 0.6 is 11.6 Å². The van der Waals surface area contributed by atoms with Gasteiger partial charge in [-0.05, 0) is 31.2 Å². The number of hydrogen-bond acceptors (Lipinski definition) is 3. The number of carbonyl (C=O) groups excluding carboxylic acids is 1. The molecule has 0 saturated heterocycles. The highest BCUT2D eigenvalue weighted by Gasteiger charge is 2.17. The van der Waals surface area contributed by atoms with E-state index in [1.807, 2.05) is 25.1 Å². The average Bonchev–Trinajstić information content (AvgIpc) is 2.46. The number of pyridine rings is 2. The summed E-state index contributed by atoms with van der Waals surface area (Å²) in [5.74, 6) is -0.133. The minimum atomic E-state index is -0.133. The van der Waals surface area contributed by atoms with Crippen LogP contribution in [0.1, 0.15) is 23.0 Å². The SMILES string of the molecule is CCN(Cc1ccccn1)C(=O)c1cccnc1Cl. The molecule has 0 radical (unpaired) electrons. The first-order chi connectivity index (χ1) is 9.22. The maximum Gasteiger partial charge on any atom is 0.257 e. The lowest BCUT2D eigenvalue weighted by Crippen LogP contribution is -2.31. The van der Waals surface area contributed by atoms with Crippen molar-refractivity contribution >= 4 is 17.5 Å². The van der Waals surface area contributed by atoms with Crippen LogP contribution in [0.3, 0.4) is 0 Å². The number of amides is 1. The maximum absolute atomic E-state index is 12.4. The minimum Gasteiger partial charge on any atom is -0.333 e. The Balaban J connectivity index is 2.18. The Morgan fingerprint density at radius 3 is 2.63 bits per heavy atom. The molecule has 0 saturated carbocycles. The molecule has 2 aromatic rings. The molecule has 2 rings (SSSR count). The summed E-state index contributed by atoms with van der Waals surface area (Å²) >= 11 is 5.95. The van der Waals surface area contributed by atoms with Gasteiger partial charge in [-0.3, -0.25) is 9.78 Å². The largest absolute Gasteiger partial charge is 0.333 e. The molecule has 0 spiro atoms. The quantitative estimate of drug-likeness (QED) is 0.806. The molecule has 0 atom stereocenters. The Labute approximate surface area is 117 Å². The van der Waals surface area contributed by atoms with E-state index in [9.17, 15) is 4.79 Å². The molecule has 19 heavy (non-hydrogen) atoms. The van der Waals surface area contributed by atoms with Gasteiger partial charge < -0.3 is 4.90 Å². The predicted molar refractivity (Wildman–Crippen MR) is 73.9 cm³/mol. The van der Waals surface area contributed by atoms with Crippen LogP contribution in [-0.2, 0) is 6.54 Å². The maximum atomic E-state index is 12.4. The monoisotopic (exact) mass is 275 g/mol. The van der Waals surface area contributed by atoms with Gasteiger partial charge in [-0.2, -0.15) is 0 Å². The lowest BCUT2D eigenvalue weighted by atomic mass is 10.2. The number of rotatable bonds is 4. The van der Waals surface area contributed by atoms with E-state index >= 15 is 0 Å². The van der Waals surface area contributed by atoms with Crippen molar-refractivity contribution in [2.75, 3.05) is 6.54 Å². The van der Waals surface area contributed by atoms with Gasteiger partial charge in [0, 0.05) is 18.9 Å². The lowest BCUT2D eigenvalue weighted by molar-refractivity contribution is 0.0750. The van der Waals surface area contributed by atoms with Gasteiger partial charge in [0.05, 0.1) is 17.8 Å². The first-order valence-corrected chi connectivity index (χ1v) is 6.40. The van der Waals surface area contributed by atoms with Crippen molar-refractivity contribution in [1.82, 2.24) is 14.9 Å². The third kappa shape index (κ3) is 3.29. The highest BCUT2D eigenvalue weighted by Crippen LogP contribution is 2.15. The minimum absolute atomic E-state index is 0.133. The standard InChI is InChI=1S/C14H14ClN3O/c1-2-18(10-11-6-3-4-8-16-11)14(19)12-7-5-9-17-13(12)15/h3-9H,2,10H2,1H3. The number of carbonyl (C=O) groups is 1. The van der Waals surface area contributed by atoms with E-state index in [1.54, 1.807) is 29.4 Å². The smallest absolute Gasteiger partial charge is 0.257 e. The lowest BCUT2D eigenvalue weighted by Gasteiger charge is -2.20. The van der Waals surface area contributed by atoms with E-state index in [-0.39, 0.29) is 11.1 Å². The molecular weight excluding hydrogens is 262 g/mol. The van der Waals surface area contributed by atoms with Crippen molar-refractivity contribution in [2.45, 2.75) is 13.5 Å². The summed E-state index contributed by atoms with van der Waals surface area (Å²) in [6.45, 7) is 2.97. The van der Waals surface area contributed by atoms with Gasteiger partial charge in [-0.25, -0.2) is 4.98 Å². The van der Waals surface area contributed by atoms with Crippen LogP contribution in [0.25, 0.3) is 0 Å². The highest BCUT2D eigenvalue weighted by atomic mass is 35.5. The predicted octanol–water partition coefficient (Wildman–Crippen LogP) is 2.79. The van der Waals surface area contributed by atoms with Crippen LogP contribution in [-0.4, -0.2) is 27.3 Å². The topological polar surface area (TPSA) is 46.1 Å². The second kappa shape index (κ2) is 6.29. The van der Waals surface area contributed by atoms with Crippen LogP contribution < -0.4 is 0 Å². The molecule has 0 bridgehead atoms. The van der Waals surface area contributed by atoms with Crippen LogP contribution in [0.5, 0.6) is 0 Å². The summed E-state index contributed by atoms with van der Waals surface area (Å²) < 4.78 is 0. The molecular formula is C14H14ClN3O. The molecule has 4 nitrogen and oxygen atoms in total. The second-order valence-electron chi connectivity index (χ2n) is 3.98. The Bertz CT molecular complexity index is 560. The summed E-state index contributed by atoms with van der Waals surface area (Å²) in [4.78, 5) is 22.2. The third-order valence-electron chi connectivity index (χ3n) is 2.74. The summed E-state index contributed by atoms with van der Waals surface area (Å²) in [5.41, 5.74) is 1.26. The van der Waals surface area contributed by atoms with Crippen molar-refractivity contribution in [1.29, 1.82) is 0 Å². The fourth-order valence-electron chi connectivity index (χ4n) is 1.73. The van der Waals surface area contributed by atoms with E-state index in [2.05, 4.69) is 9.97 Å². The Morgan fingerprint density at radius 2 is 2.00 bits per heavy atom. The number of nitrogens with zero attached hydrogens (tertiary/aromatic N) is 3. The Morgan fingerprint density at radius 1 is 1.21 bits per heavy atom. The van der Waals surface area contributed by atoms with Gasteiger partial charge in [-0.15, -0.1) is 0 Å². The van der Waals surface area contributed by atoms with Gasteiger partial charge in [0.15, 0.2) is 0 Å². The van der Waals surface area contributed by atoms with Gasteiger partial charge in [0.1, 0.15) is 5.15 Å². The number of halogens is 1. The molecule has 2 aromatic heterocycles. The summed E-state index contributed by atoms with van der Waals surface area (Å²) in [5, 5.41) is 0.229. The number of aromatic nitrogens is 2. The van der Waals surface area contributed by atoms with E-state index in [4.69, 9.17) is 11.6 Å². The van der Waals surface area contributed by atoms with Crippen LogP contribution in [0.15, 0.2) is 42.7 Å². The number of hydrogen-bond donors (Lipinski definition) is 0. The molecule has 5 heteroatoms. The average molecular weight is 276 g/mol. The van der Waals surface area contributed by atoms with Crippen molar-refractivity contribution < 1.29 is 4.79 Å². The van der Waals surface area contributed by atoms with Crippen LogP contribution in [0.4, 0.5) is 0 Å². The van der Waals surface area contributed by atoms with Gasteiger partial charge in [0.2, 0.25) is 0 Å². The van der Waals surface area contributed by atoms with Crippen LogP contribution in [0, 0.1) is 0 Å². The van der Waals surface area contributed by atoms with E-state index in [0.29, 0.717) is 18.7 Å². The van der Waals surface area contributed by atoms with E-state index in [0.717, 1.165) is 5.69 Å². The molecule has 0 fully saturated rings. The Hall–Kier alpha value is -1.94. The zero-order valence-electron chi connectivity index (χ0n) is 10.6. The zero-order chi connectivity index (χ0) is 13.7. The van der Waals surface area contributed by atoms with Crippen LogP contribution in [0.2, 0.25) is 5.15 Å². The molecule has 0 aliphatic carbocycles. The molecule has 0 aliphatic heterocycles. The third-order valence-corrected chi connectivity index (χ3v) is 3.04. The Kier molecular flexibility index (Phi) is 4.47. The molecule has 98 valence electrons. The van der Waals surface area contributed by atoms with Gasteiger partial charge >= 0.3 is 0 Å². The second-order valence-corrected chi connectivity index (χ2v) is 4.34. The molecule has 0 N–H and O–H groups in total. The van der Waals surface area contributed by atoms with Crippen molar-refractivity contribution in [3.05, 3.63) is 59.1 Å². The molecule has 0 unspecified atom stereocenters. The van der Waals surface area contributed by atoms with Crippen molar-refractivity contribution in [3.8, 4) is 0 Å².